The molecule has 0 rings (SSSR count). The molecule has 0 amide bonds. The van der Waals surface area contributed by atoms with Crippen molar-refractivity contribution in [3.8, 4) is 0 Å². The molecule has 0 saturated heterocycles. The Bertz CT molecular complexity index is 1200. The molecule has 0 aliphatic heterocycles. The topological polar surface area (TPSA) is 61.8 Å². The molecule has 0 saturated carbocycles. The van der Waals surface area contributed by atoms with Crippen LogP contribution in [0.4, 0.5) is 0 Å². The highest BCUT2D eigenvalue weighted by Crippen LogP contribution is 2.16. The highest BCUT2D eigenvalue weighted by Gasteiger charge is 2.17. The van der Waals surface area contributed by atoms with Crippen LogP contribution >= 0.6 is 0 Å². The smallest absolute Gasteiger partial charge is 0.306 e. The van der Waals surface area contributed by atoms with Crippen molar-refractivity contribution in [1.29, 1.82) is 0 Å². The zero-order chi connectivity index (χ0) is 50.6. The van der Waals surface area contributed by atoms with Crippen molar-refractivity contribution >= 4 is 11.9 Å². The van der Waals surface area contributed by atoms with Gasteiger partial charge in [0, 0.05) is 19.4 Å². The van der Waals surface area contributed by atoms with Gasteiger partial charge in [-0.1, -0.05) is 274 Å². The van der Waals surface area contributed by atoms with Gasteiger partial charge in [-0.15, -0.1) is 0 Å². The zero-order valence-corrected chi connectivity index (χ0v) is 47.0. The van der Waals surface area contributed by atoms with Crippen LogP contribution in [0.2, 0.25) is 0 Å². The van der Waals surface area contributed by atoms with Gasteiger partial charge >= 0.3 is 11.9 Å². The second-order valence-electron chi connectivity index (χ2n) is 20.6. The van der Waals surface area contributed by atoms with Crippen LogP contribution in [-0.4, -0.2) is 37.9 Å². The third-order valence-electron chi connectivity index (χ3n) is 13.5. The number of allylic oxidation sites excluding steroid dienone is 10. The van der Waals surface area contributed by atoms with Crippen molar-refractivity contribution in [3.63, 3.8) is 0 Å². The molecule has 1 atom stereocenters. The van der Waals surface area contributed by atoms with Gasteiger partial charge in [0.1, 0.15) is 6.61 Å². The van der Waals surface area contributed by atoms with Crippen LogP contribution in [0.1, 0.15) is 316 Å². The molecular weight excluding hydrogens is 861 g/mol. The molecule has 5 nitrogen and oxygen atoms in total. The summed E-state index contributed by atoms with van der Waals surface area (Å²) in [5.41, 5.74) is 0. The van der Waals surface area contributed by atoms with Gasteiger partial charge in [-0.2, -0.15) is 0 Å². The SMILES string of the molecule is CCCCC/C=C\C/C=C\C/C=C\CCCCCCCCC(=O)OCC(COCCCCCCCCCCCCCCCCCCCCCC)OC(=O)CCCCCCC/C=C\C/C=C\CCCCC. The van der Waals surface area contributed by atoms with Gasteiger partial charge < -0.3 is 14.2 Å². The van der Waals surface area contributed by atoms with Gasteiger partial charge in [0.15, 0.2) is 6.10 Å². The lowest BCUT2D eigenvalue weighted by Gasteiger charge is -2.18. The Balaban J connectivity index is 4.27. The van der Waals surface area contributed by atoms with Crippen LogP contribution in [0.25, 0.3) is 0 Å². The highest BCUT2D eigenvalue weighted by molar-refractivity contribution is 5.70. The Hall–Kier alpha value is -2.40. The first-order chi connectivity index (χ1) is 34.6. The molecule has 0 radical (unpaired) electrons. The van der Waals surface area contributed by atoms with E-state index in [4.69, 9.17) is 14.2 Å². The monoisotopic (exact) mass is 979 g/mol. The summed E-state index contributed by atoms with van der Waals surface area (Å²) in [6.45, 7) is 7.80. The van der Waals surface area contributed by atoms with Gasteiger partial charge in [0.05, 0.1) is 6.61 Å². The summed E-state index contributed by atoms with van der Waals surface area (Å²) in [4.78, 5) is 25.6. The second-order valence-corrected chi connectivity index (χ2v) is 20.6. The zero-order valence-electron chi connectivity index (χ0n) is 47.0. The Kier molecular flexibility index (Phi) is 58.8. The summed E-state index contributed by atoms with van der Waals surface area (Å²) in [6, 6.07) is 0. The first-order valence-electron chi connectivity index (χ1n) is 30.8. The van der Waals surface area contributed by atoms with Crippen molar-refractivity contribution in [3.05, 3.63) is 60.8 Å². The van der Waals surface area contributed by atoms with E-state index in [0.717, 1.165) is 83.5 Å². The number of esters is 2. The molecule has 0 N–H and O–H groups in total. The predicted molar refractivity (Wildman–Crippen MR) is 307 cm³/mol. The van der Waals surface area contributed by atoms with E-state index in [1.165, 1.54) is 199 Å². The fourth-order valence-corrected chi connectivity index (χ4v) is 8.90. The predicted octanol–water partition coefficient (Wildman–Crippen LogP) is 21.2. The van der Waals surface area contributed by atoms with Crippen molar-refractivity contribution in [2.75, 3.05) is 19.8 Å². The van der Waals surface area contributed by atoms with Gasteiger partial charge in [-0.05, 0) is 89.9 Å². The molecule has 408 valence electrons. The van der Waals surface area contributed by atoms with Crippen LogP contribution in [0.15, 0.2) is 60.8 Å². The maximum Gasteiger partial charge on any atom is 0.306 e. The van der Waals surface area contributed by atoms with Gasteiger partial charge in [-0.25, -0.2) is 0 Å². The van der Waals surface area contributed by atoms with E-state index in [1.807, 2.05) is 0 Å². The molecule has 5 heteroatoms. The summed E-state index contributed by atoms with van der Waals surface area (Å²) in [5.74, 6) is -0.413. The summed E-state index contributed by atoms with van der Waals surface area (Å²) in [6.07, 6.45) is 78.2. The van der Waals surface area contributed by atoms with Gasteiger partial charge in [0.2, 0.25) is 0 Å². The van der Waals surface area contributed by atoms with Crippen LogP contribution in [0, 0.1) is 0 Å². The Morgan fingerprint density at radius 1 is 0.314 bits per heavy atom. The molecular formula is C65H118O5. The van der Waals surface area contributed by atoms with Crippen molar-refractivity contribution < 1.29 is 23.8 Å². The third-order valence-corrected chi connectivity index (χ3v) is 13.5. The first kappa shape index (κ1) is 67.6. The minimum atomic E-state index is -0.549. The van der Waals surface area contributed by atoms with Crippen molar-refractivity contribution in [1.82, 2.24) is 0 Å². The van der Waals surface area contributed by atoms with Crippen LogP contribution in [0.3, 0.4) is 0 Å². The fourth-order valence-electron chi connectivity index (χ4n) is 8.90. The summed E-state index contributed by atoms with van der Waals surface area (Å²) >= 11 is 0. The van der Waals surface area contributed by atoms with E-state index in [-0.39, 0.29) is 25.2 Å². The Morgan fingerprint density at radius 2 is 0.600 bits per heavy atom. The average Bonchev–Trinajstić information content (AvgIpc) is 3.36. The van der Waals surface area contributed by atoms with E-state index in [1.54, 1.807) is 0 Å². The van der Waals surface area contributed by atoms with Crippen molar-refractivity contribution in [2.45, 2.75) is 322 Å². The van der Waals surface area contributed by atoms with Crippen LogP contribution < -0.4 is 0 Å². The number of carbonyl (C=O) groups is 2. The maximum absolute atomic E-state index is 12.9. The number of hydrogen-bond donors (Lipinski definition) is 0. The maximum atomic E-state index is 12.9. The lowest BCUT2D eigenvalue weighted by molar-refractivity contribution is -0.163. The van der Waals surface area contributed by atoms with Crippen LogP contribution in [-0.2, 0) is 23.8 Å². The molecule has 0 spiro atoms. The highest BCUT2D eigenvalue weighted by atomic mass is 16.6. The number of carbonyl (C=O) groups excluding carboxylic acids is 2. The van der Waals surface area contributed by atoms with E-state index in [2.05, 4.69) is 81.5 Å². The van der Waals surface area contributed by atoms with E-state index >= 15 is 0 Å². The molecule has 0 aromatic rings. The quantitative estimate of drug-likeness (QED) is 0.0345. The third kappa shape index (κ3) is 58.2. The second kappa shape index (κ2) is 60.9. The first-order valence-corrected chi connectivity index (χ1v) is 30.8. The van der Waals surface area contributed by atoms with Gasteiger partial charge in [-0.3, -0.25) is 9.59 Å². The molecule has 0 fully saturated rings. The summed E-state index contributed by atoms with van der Waals surface area (Å²) in [7, 11) is 0. The molecule has 0 aliphatic rings. The lowest BCUT2D eigenvalue weighted by atomic mass is 10.0. The number of unbranched alkanes of at least 4 members (excludes halogenated alkanes) is 36. The standard InChI is InChI=1S/C65H118O5/c1-4-7-10-13-16-19-22-25-28-30-32-34-36-39-42-45-48-51-54-57-60-68-61-63(70-65(67)59-56-53-50-47-44-41-37-27-24-21-18-15-12-9-6-3)62-69-64(66)58-55-52-49-46-43-40-38-35-33-31-29-26-23-20-17-14-11-8-5-2/h17-18,20-21,26-27,29,33,35,37,63H,4-16,19,22-25,28,30-32,34,36,38-62H2,1-3H3/b20-17-,21-18-,29-26-,35-33-,37-27-. The van der Waals surface area contributed by atoms with E-state index in [9.17, 15) is 9.59 Å². The molecule has 1 unspecified atom stereocenters. The number of ether oxygens (including phenoxy) is 3. The Morgan fingerprint density at radius 3 is 0.986 bits per heavy atom. The molecule has 0 aromatic heterocycles. The van der Waals surface area contributed by atoms with E-state index in [0.29, 0.717) is 19.4 Å². The minimum absolute atomic E-state index is 0.0749. The molecule has 70 heavy (non-hydrogen) atoms. The largest absolute Gasteiger partial charge is 0.462 e. The summed E-state index contributed by atoms with van der Waals surface area (Å²) < 4.78 is 17.5. The average molecular weight is 980 g/mol. The fraction of sp³-hybridized carbons (Fsp3) is 0.815. The summed E-state index contributed by atoms with van der Waals surface area (Å²) in [5, 5.41) is 0. The molecule has 0 aliphatic carbocycles. The van der Waals surface area contributed by atoms with Gasteiger partial charge in [0.25, 0.3) is 0 Å². The van der Waals surface area contributed by atoms with E-state index < -0.39 is 6.10 Å². The molecule has 0 bridgehead atoms. The number of hydrogen-bond acceptors (Lipinski definition) is 5. The Labute approximate surface area is 436 Å². The molecule has 0 aromatic carbocycles. The molecule has 0 heterocycles. The minimum Gasteiger partial charge on any atom is -0.462 e. The number of rotatable bonds is 57. The van der Waals surface area contributed by atoms with Crippen molar-refractivity contribution in [2.24, 2.45) is 0 Å². The lowest BCUT2D eigenvalue weighted by Crippen LogP contribution is -2.30. The normalized spacial score (nSPS) is 12.6. The van der Waals surface area contributed by atoms with Crippen LogP contribution in [0.5, 0.6) is 0 Å².